The first-order chi connectivity index (χ1) is 10.5. The van der Waals surface area contributed by atoms with Crippen LogP contribution in [0.25, 0.3) is 0 Å². The molecule has 1 saturated heterocycles. The summed E-state index contributed by atoms with van der Waals surface area (Å²) in [5, 5.41) is 0. The van der Waals surface area contributed by atoms with E-state index in [2.05, 4.69) is 13.2 Å². The van der Waals surface area contributed by atoms with Crippen molar-refractivity contribution in [3.05, 3.63) is 25.3 Å². The highest BCUT2D eigenvalue weighted by atomic mass is 16.7. The molecular formula is C17H30O5. The van der Waals surface area contributed by atoms with Gasteiger partial charge in [0.1, 0.15) is 6.79 Å². The van der Waals surface area contributed by atoms with E-state index in [0.29, 0.717) is 19.8 Å². The van der Waals surface area contributed by atoms with Crippen molar-refractivity contribution in [2.75, 3.05) is 33.7 Å². The molecule has 0 N–H and O–H groups in total. The van der Waals surface area contributed by atoms with Gasteiger partial charge >= 0.3 is 0 Å². The van der Waals surface area contributed by atoms with Crippen molar-refractivity contribution in [1.82, 2.24) is 0 Å². The summed E-state index contributed by atoms with van der Waals surface area (Å²) in [6.07, 6.45) is 5.17. The Labute approximate surface area is 134 Å². The predicted molar refractivity (Wildman–Crippen MR) is 85.6 cm³/mol. The van der Waals surface area contributed by atoms with E-state index in [4.69, 9.17) is 23.7 Å². The van der Waals surface area contributed by atoms with E-state index in [9.17, 15) is 0 Å². The number of rotatable bonds is 11. The molecule has 0 amide bonds. The Morgan fingerprint density at radius 1 is 1.27 bits per heavy atom. The summed E-state index contributed by atoms with van der Waals surface area (Å²) >= 11 is 0. The molecule has 1 aliphatic rings. The first kappa shape index (κ1) is 19.3. The lowest BCUT2D eigenvalue weighted by Gasteiger charge is -2.43. The average Bonchev–Trinajstić information content (AvgIpc) is 2.46. The van der Waals surface area contributed by atoms with Crippen molar-refractivity contribution in [2.24, 2.45) is 5.92 Å². The van der Waals surface area contributed by atoms with Gasteiger partial charge in [0, 0.05) is 13.0 Å². The molecule has 1 heterocycles. The zero-order valence-electron chi connectivity index (χ0n) is 14.1. The van der Waals surface area contributed by atoms with Crippen molar-refractivity contribution < 1.29 is 23.7 Å². The Hall–Kier alpha value is -0.720. The van der Waals surface area contributed by atoms with Gasteiger partial charge in [0.25, 0.3) is 0 Å². The Morgan fingerprint density at radius 3 is 2.68 bits per heavy atom. The molecule has 0 spiro atoms. The van der Waals surface area contributed by atoms with Crippen LogP contribution in [0.5, 0.6) is 0 Å². The van der Waals surface area contributed by atoms with Gasteiger partial charge in [-0.05, 0) is 26.7 Å². The second kappa shape index (κ2) is 10.1. The molecule has 0 aliphatic carbocycles. The van der Waals surface area contributed by atoms with E-state index in [1.165, 1.54) is 0 Å². The summed E-state index contributed by atoms with van der Waals surface area (Å²) in [5.41, 5.74) is 0. The van der Waals surface area contributed by atoms with Crippen LogP contribution in [0, 0.1) is 5.92 Å². The Morgan fingerprint density at radius 2 is 2.05 bits per heavy atom. The minimum absolute atomic E-state index is 0.0187. The van der Waals surface area contributed by atoms with Gasteiger partial charge in [0.2, 0.25) is 0 Å². The van der Waals surface area contributed by atoms with Crippen LogP contribution in [0.2, 0.25) is 0 Å². The molecule has 5 heteroatoms. The van der Waals surface area contributed by atoms with E-state index in [1.807, 2.05) is 26.0 Å². The second-order valence-corrected chi connectivity index (χ2v) is 5.80. The highest BCUT2D eigenvalue weighted by Gasteiger charge is 2.39. The quantitative estimate of drug-likeness (QED) is 0.333. The summed E-state index contributed by atoms with van der Waals surface area (Å²) in [4.78, 5) is 0. The molecular weight excluding hydrogens is 284 g/mol. The fourth-order valence-corrected chi connectivity index (χ4v) is 2.49. The van der Waals surface area contributed by atoms with Crippen LogP contribution >= 0.6 is 0 Å². The van der Waals surface area contributed by atoms with E-state index < -0.39 is 5.79 Å². The number of ether oxygens (including phenoxy) is 5. The zero-order valence-corrected chi connectivity index (χ0v) is 14.1. The predicted octanol–water partition coefficient (Wildman–Crippen LogP) is 2.91. The first-order valence-electron chi connectivity index (χ1n) is 7.76. The normalized spacial score (nSPS) is 25.6. The highest BCUT2D eigenvalue weighted by Crippen LogP contribution is 2.32. The summed E-state index contributed by atoms with van der Waals surface area (Å²) < 4.78 is 28.0. The smallest absolute Gasteiger partial charge is 0.163 e. The molecule has 0 aromatic carbocycles. The summed E-state index contributed by atoms with van der Waals surface area (Å²) in [6.45, 7) is 13.4. The molecule has 1 aliphatic heterocycles. The Balaban J connectivity index is 2.58. The van der Waals surface area contributed by atoms with Gasteiger partial charge in [-0.15, -0.1) is 13.2 Å². The molecule has 0 saturated carbocycles. The van der Waals surface area contributed by atoms with Crippen LogP contribution in [0.1, 0.15) is 26.7 Å². The molecule has 0 unspecified atom stereocenters. The third kappa shape index (κ3) is 6.58. The molecule has 3 atom stereocenters. The Bertz CT molecular complexity index is 329. The van der Waals surface area contributed by atoms with E-state index in [-0.39, 0.29) is 24.9 Å². The third-order valence-electron chi connectivity index (χ3n) is 3.61. The van der Waals surface area contributed by atoms with Gasteiger partial charge in [-0.2, -0.15) is 0 Å². The van der Waals surface area contributed by atoms with Gasteiger partial charge in [-0.3, -0.25) is 0 Å². The molecule has 128 valence electrons. The van der Waals surface area contributed by atoms with Crippen molar-refractivity contribution in [3.63, 3.8) is 0 Å². The molecule has 5 nitrogen and oxygen atoms in total. The maximum atomic E-state index is 6.03. The summed E-state index contributed by atoms with van der Waals surface area (Å²) in [5.74, 6) is -0.451. The maximum Gasteiger partial charge on any atom is 0.163 e. The van der Waals surface area contributed by atoms with Gasteiger partial charge in [0.15, 0.2) is 5.79 Å². The minimum Gasteiger partial charge on any atom is -0.382 e. The van der Waals surface area contributed by atoms with Crippen molar-refractivity contribution in [1.29, 1.82) is 0 Å². The molecule has 1 rings (SSSR count). The summed E-state index contributed by atoms with van der Waals surface area (Å²) in [6, 6.07) is 0. The first-order valence-corrected chi connectivity index (χ1v) is 7.76. The van der Waals surface area contributed by atoms with Crippen LogP contribution in [-0.2, 0) is 23.7 Å². The van der Waals surface area contributed by atoms with Gasteiger partial charge in [-0.25, -0.2) is 0 Å². The fraction of sp³-hybridized carbons (Fsp3) is 0.765. The van der Waals surface area contributed by atoms with Crippen LogP contribution in [0.4, 0.5) is 0 Å². The molecule has 0 radical (unpaired) electrons. The second-order valence-electron chi connectivity index (χ2n) is 5.80. The third-order valence-corrected chi connectivity index (χ3v) is 3.61. The molecule has 1 fully saturated rings. The topological polar surface area (TPSA) is 46.2 Å². The molecule has 0 bridgehead atoms. The standard InChI is InChI=1S/C17H30O5/c1-6-8-15(20-13-19-11-10-18-5)14-12-21-17(3,4)22-16(14)9-7-2/h6-7,14-16H,1-2,8-13H2,3-5H3/t14-,15+,16+/m0/s1. The number of hydrogen-bond donors (Lipinski definition) is 0. The summed E-state index contributed by atoms with van der Waals surface area (Å²) in [7, 11) is 1.64. The van der Waals surface area contributed by atoms with Gasteiger partial charge in [-0.1, -0.05) is 12.2 Å². The molecule has 0 aromatic heterocycles. The van der Waals surface area contributed by atoms with Crippen molar-refractivity contribution in [2.45, 2.75) is 44.7 Å². The van der Waals surface area contributed by atoms with Crippen LogP contribution < -0.4 is 0 Å². The largest absolute Gasteiger partial charge is 0.382 e. The lowest BCUT2D eigenvalue weighted by atomic mass is 9.90. The van der Waals surface area contributed by atoms with Crippen LogP contribution in [0.3, 0.4) is 0 Å². The number of methoxy groups -OCH3 is 1. The maximum absolute atomic E-state index is 6.03. The Kier molecular flexibility index (Phi) is 8.90. The molecule has 0 aromatic rings. The SMILES string of the molecule is C=CC[C@@H](OCOCCOC)[C@@H]1COC(C)(C)O[C@@H]1CC=C. The average molecular weight is 314 g/mol. The monoisotopic (exact) mass is 314 g/mol. The van der Waals surface area contributed by atoms with Crippen LogP contribution in [0.15, 0.2) is 25.3 Å². The lowest BCUT2D eigenvalue weighted by Crippen LogP contribution is -2.50. The zero-order chi connectivity index (χ0) is 16.4. The van der Waals surface area contributed by atoms with Crippen molar-refractivity contribution in [3.8, 4) is 0 Å². The minimum atomic E-state index is -0.572. The lowest BCUT2D eigenvalue weighted by molar-refractivity contribution is -0.306. The molecule has 22 heavy (non-hydrogen) atoms. The van der Waals surface area contributed by atoms with Gasteiger partial charge < -0.3 is 23.7 Å². The van der Waals surface area contributed by atoms with Crippen molar-refractivity contribution >= 4 is 0 Å². The van der Waals surface area contributed by atoms with Gasteiger partial charge in [0.05, 0.1) is 32.0 Å². The van der Waals surface area contributed by atoms with E-state index in [0.717, 1.165) is 12.8 Å². The highest BCUT2D eigenvalue weighted by molar-refractivity contribution is 4.90. The van der Waals surface area contributed by atoms with E-state index >= 15 is 0 Å². The van der Waals surface area contributed by atoms with E-state index in [1.54, 1.807) is 7.11 Å². The fourth-order valence-electron chi connectivity index (χ4n) is 2.49. The number of hydrogen-bond acceptors (Lipinski definition) is 5. The van der Waals surface area contributed by atoms with Crippen LogP contribution in [-0.4, -0.2) is 51.7 Å².